The number of unbranched alkanes of at least 4 members (excludes halogenated alkanes) is 2. The molecule has 0 atom stereocenters. The van der Waals surface area contributed by atoms with Gasteiger partial charge in [-0.25, -0.2) is 0 Å². The molecule has 0 spiro atoms. The zero-order valence-corrected chi connectivity index (χ0v) is 9.70. The van der Waals surface area contributed by atoms with Crippen molar-refractivity contribution in [3.63, 3.8) is 0 Å². The van der Waals surface area contributed by atoms with Gasteiger partial charge < -0.3 is 5.73 Å². The number of hydrogen-bond acceptors (Lipinski definition) is 3. The highest BCUT2D eigenvalue weighted by atomic mass is 32.2. The summed E-state index contributed by atoms with van der Waals surface area (Å²) in [4.78, 5) is 0. The van der Waals surface area contributed by atoms with E-state index in [2.05, 4.69) is 0 Å². The second kappa shape index (κ2) is 5.11. The van der Waals surface area contributed by atoms with Gasteiger partial charge in [0.1, 0.15) is 5.75 Å². The van der Waals surface area contributed by atoms with E-state index in [1.54, 1.807) is 12.1 Å². The monoisotopic (exact) mass is 229 g/mol. The molecule has 0 fully saturated rings. The Kier molecular flexibility index (Phi) is 4.08. The van der Waals surface area contributed by atoms with Gasteiger partial charge in [0.05, 0.1) is 0 Å². The average Bonchev–Trinajstić information content (AvgIpc) is 2.18. The van der Waals surface area contributed by atoms with E-state index in [1.807, 2.05) is 6.92 Å². The van der Waals surface area contributed by atoms with Gasteiger partial charge in [-0.15, -0.1) is 0 Å². The predicted molar refractivity (Wildman–Crippen MR) is 59.8 cm³/mol. The third-order valence-electron chi connectivity index (χ3n) is 2.15. The maximum Gasteiger partial charge on any atom is 0.369 e. The van der Waals surface area contributed by atoms with Crippen molar-refractivity contribution in [2.45, 2.75) is 26.2 Å². The molecule has 0 saturated heterocycles. The summed E-state index contributed by atoms with van der Waals surface area (Å²) in [6, 6.07) is 3.16. The SMILES string of the molecule is CCCCCS(=O)(=O)[n+]1ccc(N)cc1. The summed E-state index contributed by atoms with van der Waals surface area (Å²) in [7, 11) is -3.19. The van der Waals surface area contributed by atoms with Gasteiger partial charge in [-0.05, 0) is 6.42 Å². The van der Waals surface area contributed by atoms with Gasteiger partial charge in [0.15, 0.2) is 12.4 Å². The van der Waals surface area contributed by atoms with Crippen molar-refractivity contribution in [3.8, 4) is 0 Å². The highest BCUT2D eigenvalue weighted by molar-refractivity contribution is 7.84. The molecule has 0 aliphatic rings. The number of nitrogen functional groups attached to an aromatic ring is 1. The molecule has 0 aliphatic heterocycles. The third-order valence-corrected chi connectivity index (χ3v) is 3.85. The first-order valence-corrected chi connectivity index (χ1v) is 6.67. The fraction of sp³-hybridized carbons (Fsp3) is 0.500. The maximum absolute atomic E-state index is 11.7. The third kappa shape index (κ3) is 3.51. The fourth-order valence-corrected chi connectivity index (χ4v) is 2.52. The molecule has 1 aromatic heterocycles. The molecule has 0 saturated carbocycles. The molecule has 0 aliphatic carbocycles. The van der Waals surface area contributed by atoms with E-state index in [4.69, 9.17) is 5.73 Å². The Hall–Kier alpha value is -1.10. The Bertz CT molecular complexity index is 398. The Balaban J connectivity index is 2.73. The van der Waals surface area contributed by atoms with Crippen LogP contribution in [0.1, 0.15) is 26.2 Å². The van der Waals surface area contributed by atoms with Gasteiger partial charge >= 0.3 is 10.0 Å². The van der Waals surface area contributed by atoms with Crippen LogP contribution in [-0.4, -0.2) is 14.2 Å². The van der Waals surface area contributed by atoms with Gasteiger partial charge in [-0.2, -0.15) is 8.42 Å². The van der Waals surface area contributed by atoms with E-state index >= 15 is 0 Å². The number of hydrogen-bond donors (Lipinski definition) is 1. The van der Waals surface area contributed by atoms with Crippen LogP contribution in [-0.2, 0) is 10.0 Å². The number of nitrogens with two attached hydrogens (primary N) is 1. The minimum Gasteiger partial charge on any atom is -0.398 e. The molecule has 2 N–H and O–H groups in total. The van der Waals surface area contributed by atoms with Crippen LogP contribution in [0.5, 0.6) is 0 Å². The molecular formula is C10H17N2O2S+. The molecule has 0 radical (unpaired) electrons. The van der Waals surface area contributed by atoms with Crippen LogP contribution in [0, 0.1) is 0 Å². The molecule has 0 amide bonds. The molecule has 0 bridgehead atoms. The van der Waals surface area contributed by atoms with Crippen molar-refractivity contribution in [2.75, 3.05) is 11.5 Å². The van der Waals surface area contributed by atoms with Gasteiger partial charge in [-0.3, -0.25) is 0 Å². The van der Waals surface area contributed by atoms with Crippen molar-refractivity contribution in [3.05, 3.63) is 24.5 Å². The number of anilines is 1. The van der Waals surface area contributed by atoms with E-state index in [1.165, 1.54) is 16.4 Å². The first-order valence-electron chi connectivity index (χ1n) is 5.06. The van der Waals surface area contributed by atoms with Crippen LogP contribution in [0.3, 0.4) is 0 Å². The molecule has 0 unspecified atom stereocenters. The molecule has 15 heavy (non-hydrogen) atoms. The van der Waals surface area contributed by atoms with Crippen molar-refractivity contribution < 1.29 is 12.4 Å². The Labute approximate surface area is 90.8 Å². The molecule has 0 aromatic carbocycles. The lowest BCUT2D eigenvalue weighted by Gasteiger charge is -1.98. The van der Waals surface area contributed by atoms with Crippen molar-refractivity contribution >= 4 is 15.7 Å². The topological polar surface area (TPSA) is 64.0 Å². The molecular weight excluding hydrogens is 212 g/mol. The molecule has 1 rings (SSSR count). The predicted octanol–water partition coefficient (Wildman–Crippen LogP) is 0.924. The zero-order valence-electron chi connectivity index (χ0n) is 8.89. The van der Waals surface area contributed by atoms with E-state index in [9.17, 15) is 8.42 Å². The van der Waals surface area contributed by atoms with Crippen LogP contribution >= 0.6 is 0 Å². The summed E-state index contributed by atoms with van der Waals surface area (Å²) < 4.78 is 24.7. The zero-order chi connectivity index (χ0) is 11.3. The van der Waals surface area contributed by atoms with Gasteiger partial charge in [-0.1, -0.05) is 23.7 Å². The van der Waals surface area contributed by atoms with Crippen molar-refractivity contribution in [1.29, 1.82) is 0 Å². The summed E-state index contributed by atoms with van der Waals surface area (Å²) >= 11 is 0. The molecule has 1 aromatic rings. The second-order valence-electron chi connectivity index (χ2n) is 3.48. The van der Waals surface area contributed by atoms with Crippen LogP contribution in [0.25, 0.3) is 0 Å². The number of pyridine rings is 1. The van der Waals surface area contributed by atoms with E-state index in [-0.39, 0.29) is 5.75 Å². The van der Waals surface area contributed by atoms with Gasteiger partial charge in [0.25, 0.3) is 0 Å². The number of aromatic nitrogens is 1. The second-order valence-corrected chi connectivity index (χ2v) is 5.48. The Morgan fingerprint density at radius 3 is 2.40 bits per heavy atom. The lowest BCUT2D eigenvalue weighted by molar-refractivity contribution is -0.511. The number of nitrogens with zero attached hydrogens (tertiary/aromatic N) is 1. The lowest BCUT2D eigenvalue weighted by atomic mass is 10.3. The lowest BCUT2D eigenvalue weighted by Crippen LogP contribution is -2.43. The first-order chi connectivity index (χ1) is 7.06. The van der Waals surface area contributed by atoms with Crippen LogP contribution in [0.2, 0.25) is 0 Å². The number of rotatable bonds is 5. The minimum atomic E-state index is -3.19. The molecule has 84 valence electrons. The highest BCUT2D eigenvalue weighted by Gasteiger charge is 2.20. The van der Waals surface area contributed by atoms with E-state index < -0.39 is 10.0 Å². The minimum absolute atomic E-state index is 0.190. The highest BCUT2D eigenvalue weighted by Crippen LogP contribution is 1.99. The average molecular weight is 229 g/mol. The maximum atomic E-state index is 11.7. The Morgan fingerprint density at radius 1 is 1.27 bits per heavy atom. The quantitative estimate of drug-likeness (QED) is 0.603. The van der Waals surface area contributed by atoms with Crippen LogP contribution in [0.4, 0.5) is 5.69 Å². The summed E-state index contributed by atoms with van der Waals surface area (Å²) in [6.07, 6.45) is 5.63. The summed E-state index contributed by atoms with van der Waals surface area (Å²) in [6.45, 7) is 2.04. The normalized spacial score (nSPS) is 11.5. The summed E-state index contributed by atoms with van der Waals surface area (Å²) in [5, 5.41) is 0. The molecule has 1 heterocycles. The van der Waals surface area contributed by atoms with Crippen molar-refractivity contribution in [1.82, 2.24) is 0 Å². The standard InChI is InChI=1S/C10H16N2O2S/c1-2-3-4-9-15(13,14)12-7-5-10(11)6-8-12/h5-8,11H,2-4,9H2,1H3/p+1. The fourth-order valence-electron chi connectivity index (χ4n) is 1.25. The first kappa shape index (κ1) is 12.0. The van der Waals surface area contributed by atoms with E-state index in [0.29, 0.717) is 12.1 Å². The Morgan fingerprint density at radius 2 is 1.87 bits per heavy atom. The van der Waals surface area contributed by atoms with Gasteiger partial charge in [0, 0.05) is 17.8 Å². The smallest absolute Gasteiger partial charge is 0.369 e. The molecule has 5 heteroatoms. The largest absolute Gasteiger partial charge is 0.398 e. The van der Waals surface area contributed by atoms with E-state index in [0.717, 1.165) is 12.8 Å². The van der Waals surface area contributed by atoms with Crippen LogP contribution in [0.15, 0.2) is 24.5 Å². The molecule has 4 nitrogen and oxygen atoms in total. The van der Waals surface area contributed by atoms with Gasteiger partial charge in [0.2, 0.25) is 0 Å². The summed E-state index contributed by atoms with van der Waals surface area (Å²) in [5.74, 6) is 0.190. The van der Waals surface area contributed by atoms with Crippen molar-refractivity contribution in [2.24, 2.45) is 0 Å². The summed E-state index contributed by atoms with van der Waals surface area (Å²) in [5.41, 5.74) is 6.05. The van der Waals surface area contributed by atoms with Crippen LogP contribution < -0.4 is 9.71 Å².